The smallest absolute Gasteiger partial charge is 0.226 e. The molecule has 0 spiro atoms. The Morgan fingerprint density at radius 2 is 1.65 bits per heavy atom. The molecule has 5 rings (SSSR count). The Bertz CT molecular complexity index is 1130. The number of aromatic nitrogens is 4. The standard InChI is InChI=1S/C24H27N7/c1-30-23-21(16-25-30)22(26-19-10-6-3-7-11-19)28-24(29-23)27-20-12-14-31(15-13-20)17-18-8-4-2-5-9-18/h2-11,16,20H,12-15,17H2,1H3,(H2,26,27,28,29). The van der Waals surface area contributed by atoms with Gasteiger partial charge in [0.05, 0.1) is 11.6 Å². The summed E-state index contributed by atoms with van der Waals surface area (Å²) in [6.07, 6.45) is 3.95. The summed E-state index contributed by atoms with van der Waals surface area (Å²) >= 11 is 0. The third kappa shape index (κ3) is 4.51. The number of nitrogens with zero attached hydrogens (tertiary/aromatic N) is 5. The predicted molar refractivity (Wildman–Crippen MR) is 124 cm³/mol. The minimum absolute atomic E-state index is 0.363. The van der Waals surface area contributed by atoms with Crippen molar-refractivity contribution in [2.24, 2.45) is 7.05 Å². The van der Waals surface area contributed by atoms with E-state index in [-0.39, 0.29) is 0 Å². The van der Waals surface area contributed by atoms with Gasteiger partial charge in [-0.15, -0.1) is 0 Å². The maximum Gasteiger partial charge on any atom is 0.226 e. The number of hydrogen-bond acceptors (Lipinski definition) is 6. The molecule has 7 nitrogen and oxygen atoms in total. The van der Waals surface area contributed by atoms with Crippen molar-refractivity contribution in [3.8, 4) is 0 Å². The quantitative estimate of drug-likeness (QED) is 0.494. The van der Waals surface area contributed by atoms with E-state index in [9.17, 15) is 0 Å². The molecule has 2 aromatic carbocycles. The maximum absolute atomic E-state index is 4.79. The lowest BCUT2D eigenvalue weighted by Gasteiger charge is -2.32. The monoisotopic (exact) mass is 413 g/mol. The van der Waals surface area contributed by atoms with E-state index in [1.54, 1.807) is 4.68 Å². The van der Waals surface area contributed by atoms with Crippen LogP contribution < -0.4 is 10.6 Å². The highest BCUT2D eigenvalue weighted by molar-refractivity contribution is 5.89. The summed E-state index contributed by atoms with van der Waals surface area (Å²) in [5, 5.41) is 12.3. The Balaban J connectivity index is 1.29. The fourth-order valence-corrected chi connectivity index (χ4v) is 4.10. The number of benzene rings is 2. The number of aryl methyl sites for hydroxylation is 1. The number of likely N-dealkylation sites (tertiary alicyclic amines) is 1. The van der Waals surface area contributed by atoms with Gasteiger partial charge in [0.1, 0.15) is 5.82 Å². The molecule has 2 N–H and O–H groups in total. The Labute approximate surface area is 182 Å². The first-order valence-electron chi connectivity index (χ1n) is 10.8. The first kappa shape index (κ1) is 19.5. The van der Waals surface area contributed by atoms with Gasteiger partial charge in [0, 0.05) is 38.4 Å². The molecule has 158 valence electrons. The highest BCUT2D eigenvalue weighted by atomic mass is 15.3. The second-order valence-electron chi connectivity index (χ2n) is 8.07. The number of hydrogen-bond donors (Lipinski definition) is 2. The van der Waals surface area contributed by atoms with Crippen molar-refractivity contribution in [2.45, 2.75) is 25.4 Å². The van der Waals surface area contributed by atoms with Crippen LogP contribution in [0.15, 0.2) is 66.9 Å². The van der Waals surface area contributed by atoms with Gasteiger partial charge in [-0.25, -0.2) is 0 Å². The SMILES string of the molecule is Cn1ncc2c(Nc3ccccc3)nc(NC3CCN(Cc4ccccc4)CC3)nc21. The summed E-state index contributed by atoms with van der Waals surface area (Å²) in [5.41, 5.74) is 3.18. The van der Waals surface area contributed by atoms with Gasteiger partial charge in [-0.1, -0.05) is 48.5 Å². The first-order chi connectivity index (χ1) is 15.2. The number of rotatable bonds is 6. The molecule has 0 unspecified atom stereocenters. The number of fused-ring (bicyclic) bond motifs is 1. The van der Waals surface area contributed by atoms with E-state index < -0.39 is 0 Å². The van der Waals surface area contributed by atoms with Gasteiger partial charge in [-0.3, -0.25) is 9.58 Å². The van der Waals surface area contributed by atoms with E-state index in [1.807, 2.05) is 43.6 Å². The Morgan fingerprint density at radius 3 is 2.39 bits per heavy atom. The topological polar surface area (TPSA) is 70.9 Å². The third-order valence-electron chi connectivity index (χ3n) is 5.80. The number of para-hydroxylation sites is 1. The molecule has 0 bridgehead atoms. The second-order valence-corrected chi connectivity index (χ2v) is 8.07. The predicted octanol–water partition coefficient (Wildman–Crippen LogP) is 4.18. The maximum atomic E-state index is 4.79. The van der Waals surface area contributed by atoms with Crippen LogP contribution in [0.25, 0.3) is 11.0 Å². The third-order valence-corrected chi connectivity index (χ3v) is 5.80. The van der Waals surface area contributed by atoms with E-state index in [0.29, 0.717) is 12.0 Å². The van der Waals surface area contributed by atoms with E-state index in [0.717, 1.165) is 55.0 Å². The van der Waals surface area contributed by atoms with Crippen molar-refractivity contribution in [1.82, 2.24) is 24.6 Å². The second kappa shape index (κ2) is 8.73. The van der Waals surface area contributed by atoms with Crippen LogP contribution >= 0.6 is 0 Å². The minimum atomic E-state index is 0.363. The summed E-state index contributed by atoms with van der Waals surface area (Å²) in [6.45, 7) is 3.14. The normalized spacial score (nSPS) is 15.3. The van der Waals surface area contributed by atoms with Crippen LogP contribution in [-0.2, 0) is 13.6 Å². The van der Waals surface area contributed by atoms with Crippen LogP contribution in [0.4, 0.5) is 17.5 Å². The van der Waals surface area contributed by atoms with Crippen molar-refractivity contribution in [3.05, 3.63) is 72.4 Å². The summed E-state index contributed by atoms with van der Waals surface area (Å²) in [7, 11) is 1.91. The van der Waals surface area contributed by atoms with Crippen LogP contribution in [0, 0.1) is 0 Å². The zero-order valence-electron chi connectivity index (χ0n) is 17.7. The molecule has 7 heteroatoms. The summed E-state index contributed by atoms with van der Waals surface area (Å²) in [6, 6.07) is 21.1. The molecule has 1 aliphatic heterocycles. The Kier molecular flexibility index (Phi) is 5.50. The average molecular weight is 414 g/mol. The summed E-state index contributed by atoms with van der Waals surface area (Å²) < 4.78 is 1.79. The van der Waals surface area contributed by atoms with E-state index >= 15 is 0 Å². The van der Waals surface area contributed by atoms with Crippen molar-refractivity contribution in [3.63, 3.8) is 0 Å². The molecule has 0 amide bonds. The van der Waals surface area contributed by atoms with Crippen molar-refractivity contribution in [2.75, 3.05) is 23.7 Å². The van der Waals surface area contributed by atoms with Gasteiger partial charge >= 0.3 is 0 Å². The largest absolute Gasteiger partial charge is 0.351 e. The Hall–Kier alpha value is -3.45. The highest BCUT2D eigenvalue weighted by Gasteiger charge is 2.21. The molecule has 2 aromatic heterocycles. The van der Waals surface area contributed by atoms with Crippen molar-refractivity contribution in [1.29, 1.82) is 0 Å². The molecule has 1 aliphatic rings. The molecule has 4 aromatic rings. The number of piperidine rings is 1. The van der Waals surface area contributed by atoms with Gasteiger partial charge in [-0.2, -0.15) is 15.1 Å². The number of nitrogens with one attached hydrogen (secondary N) is 2. The van der Waals surface area contributed by atoms with Crippen LogP contribution in [0.2, 0.25) is 0 Å². The molecule has 31 heavy (non-hydrogen) atoms. The fourth-order valence-electron chi connectivity index (χ4n) is 4.10. The molecule has 0 saturated carbocycles. The molecule has 0 radical (unpaired) electrons. The molecule has 0 atom stereocenters. The first-order valence-corrected chi connectivity index (χ1v) is 10.8. The Morgan fingerprint density at radius 1 is 0.935 bits per heavy atom. The van der Waals surface area contributed by atoms with Crippen LogP contribution in [0.3, 0.4) is 0 Å². The fraction of sp³-hybridized carbons (Fsp3) is 0.292. The van der Waals surface area contributed by atoms with Crippen LogP contribution in [0.5, 0.6) is 0 Å². The lowest BCUT2D eigenvalue weighted by atomic mass is 10.0. The molecule has 3 heterocycles. The van der Waals surface area contributed by atoms with Gasteiger partial charge in [0.2, 0.25) is 5.95 Å². The molecular weight excluding hydrogens is 386 g/mol. The van der Waals surface area contributed by atoms with E-state index in [2.05, 4.69) is 51.0 Å². The zero-order chi connectivity index (χ0) is 21.0. The van der Waals surface area contributed by atoms with Gasteiger partial charge in [0.15, 0.2) is 5.65 Å². The highest BCUT2D eigenvalue weighted by Crippen LogP contribution is 2.26. The lowest BCUT2D eigenvalue weighted by molar-refractivity contribution is 0.211. The lowest BCUT2D eigenvalue weighted by Crippen LogP contribution is -2.39. The van der Waals surface area contributed by atoms with E-state index in [1.165, 1.54) is 5.56 Å². The minimum Gasteiger partial charge on any atom is -0.351 e. The molecule has 1 saturated heterocycles. The average Bonchev–Trinajstić information content (AvgIpc) is 3.18. The zero-order valence-corrected chi connectivity index (χ0v) is 17.7. The van der Waals surface area contributed by atoms with Crippen molar-refractivity contribution < 1.29 is 0 Å². The van der Waals surface area contributed by atoms with Crippen molar-refractivity contribution >= 4 is 28.5 Å². The summed E-state index contributed by atoms with van der Waals surface area (Å²) in [4.78, 5) is 12.0. The number of anilines is 3. The van der Waals surface area contributed by atoms with Gasteiger partial charge < -0.3 is 10.6 Å². The van der Waals surface area contributed by atoms with Crippen LogP contribution in [0.1, 0.15) is 18.4 Å². The van der Waals surface area contributed by atoms with Crippen LogP contribution in [-0.4, -0.2) is 43.8 Å². The van der Waals surface area contributed by atoms with Gasteiger partial charge in [0.25, 0.3) is 0 Å². The molecule has 0 aliphatic carbocycles. The molecule has 1 fully saturated rings. The summed E-state index contributed by atoms with van der Waals surface area (Å²) in [5.74, 6) is 1.42. The van der Waals surface area contributed by atoms with Gasteiger partial charge in [-0.05, 0) is 30.5 Å². The molecular formula is C24H27N7. The van der Waals surface area contributed by atoms with E-state index in [4.69, 9.17) is 9.97 Å².